The summed E-state index contributed by atoms with van der Waals surface area (Å²) in [5.41, 5.74) is -0.283. The number of halogens is 2. The molecule has 3 rings (SSSR count). The Kier molecular flexibility index (Phi) is 9.28. The van der Waals surface area contributed by atoms with E-state index in [1.54, 1.807) is 43.0 Å². The number of nitriles is 1. The first-order valence-electron chi connectivity index (χ1n) is 12.3. The third kappa shape index (κ3) is 7.99. The highest BCUT2D eigenvalue weighted by molar-refractivity contribution is 6.43. The lowest BCUT2D eigenvalue weighted by atomic mass is 9.76. The molecule has 0 saturated carbocycles. The van der Waals surface area contributed by atoms with Crippen LogP contribution in [0.2, 0.25) is 0 Å². The van der Waals surface area contributed by atoms with Crippen LogP contribution in [0.1, 0.15) is 38.7 Å². The van der Waals surface area contributed by atoms with E-state index in [0.717, 1.165) is 5.56 Å². The van der Waals surface area contributed by atoms with Crippen LogP contribution in [0.25, 0.3) is 0 Å². The Morgan fingerprint density at radius 1 is 1.32 bits per heavy atom. The molecule has 1 aromatic carbocycles. The molecule has 3 N–H and O–H groups in total. The number of hydrogen-bond donors (Lipinski definition) is 3. The Balaban J connectivity index is 1.59. The fraction of sp³-hybridized carbons (Fsp3) is 0.560. The highest BCUT2D eigenvalue weighted by Crippen LogP contribution is 2.33. The minimum absolute atomic E-state index is 0.0541. The van der Waals surface area contributed by atoms with E-state index in [9.17, 15) is 33.7 Å². The van der Waals surface area contributed by atoms with Gasteiger partial charge in [-0.3, -0.25) is 9.69 Å². The molecule has 0 spiro atoms. The molecular weight excluding hydrogens is 485 g/mol. The largest absolute Gasteiger partial charge is 0.475 e. The van der Waals surface area contributed by atoms with Crippen LogP contribution in [0.4, 0.5) is 13.6 Å². The van der Waals surface area contributed by atoms with Crippen LogP contribution in [0.5, 0.6) is 0 Å². The van der Waals surface area contributed by atoms with Crippen LogP contribution in [-0.2, 0) is 16.0 Å². The highest BCUT2D eigenvalue weighted by atomic mass is 19.3. The van der Waals surface area contributed by atoms with E-state index in [1.807, 2.05) is 12.1 Å². The Morgan fingerprint density at radius 3 is 2.62 bits per heavy atom. The average molecular weight is 518 g/mol. The molecule has 2 aliphatic rings. The van der Waals surface area contributed by atoms with Crippen LogP contribution in [-0.4, -0.2) is 88.7 Å². The molecule has 0 bridgehead atoms. The van der Waals surface area contributed by atoms with E-state index < -0.39 is 49.2 Å². The quantitative estimate of drug-likeness (QED) is 0.273. The van der Waals surface area contributed by atoms with Crippen LogP contribution in [0, 0.1) is 11.3 Å². The molecule has 37 heavy (non-hydrogen) atoms. The van der Waals surface area contributed by atoms with Crippen molar-refractivity contribution < 1.29 is 33.2 Å². The zero-order chi connectivity index (χ0) is 27.2. The number of carbonyl (C=O) groups is 2. The summed E-state index contributed by atoms with van der Waals surface area (Å²) < 4.78 is 32.8. The van der Waals surface area contributed by atoms with Crippen molar-refractivity contribution in [1.82, 2.24) is 15.1 Å². The SMILES string of the molecule is CC(C)(/C=C(\C#N)C(=O)N1CCC[C@H](OC(=O)N[C@@H](Cc2ccccc2)B(O)O)C1)N1CCC(F)(F)C1. The van der Waals surface area contributed by atoms with Crippen molar-refractivity contribution in [3.8, 4) is 6.07 Å². The lowest BCUT2D eigenvalue weighted by molar-refractivity contribution is -0.129. The summed E-state index contributed by atoms with van der Waals surface area (Å²) in [4.78, 5) is 28.5. The molecule has 2 atom stereocenters. The molecule has 0 aliphatic carbocycles. The normalized spacial score (nSPS) is 21.2. The molecule has 2 aliphatic heterocycles. The summed E-state index contributed by atoms with van der Waals surface area (Å²) in [7, 11) is -1.81. The molecule has 2 saturated heterocycles. The van der Waals surface area contributed by atoms with Crippen molar-refractivity contribution in [2.24, 2.45) is 0 Å². The number of carbonyl (C=O) groups excluding carboxylic acids is 2. The Hall–Kier alpha value is -3.01. The number of benzene rings is 1. The number of nitrogens with zero attached hydrogens (tertiary/aromatic N) is 3. The van der Waals surface area contributed by atoms with Crippen LogP contribution < -0.4 is 5.32 Å². The molecule has 2 fully saturated rings. The predicted molar refractivity (Wildman–Crippen MR) is 132 cm³/mol. The topological polar surface area (TPSA) is 126 Å². The van der Waals surface area contributed by atoms with Gasteiger partial charge in [-0.15, -0.1) is 0 Å². The summed E-state index contributed by atoms with van der Waals surface area (Å²) in [5, 5.41) is 31.5. The van der Waals surface area contributed by atoms with Gasteiger partial charge in [-0.1, -0.05) is 30.3 Å². The minimum atomic E-state index is -2.80. The number of nitrogens with one attached hydrogen (secondary N) is 1. The molecular formula is C25H33BF2N4O5. The first-order valence-corrected chi connectivity index (χ1v) is 12.3. The zero-order valence-corrected chi connectivity index (χ0v) is 21.1. The third-order valence-electron chi connectivity index (χ3n) is 6.73. The number of alkyl carbamates (subject to hydrolysis) is 1. The number of alkyl halides is 2. The van der Waals surface area contributed by atoms with E-state index in [1.165, 1.54) is 11.0 Å². The van der Waals surface area contributed by atoms with Gasteiger partial charge < -0.3 is 25.0 Å². The van der Waals surface area contributed by atoms with Gasteiger partial charge in [-0.2, -0.15) is 5.26 Å². The van der Waals surface area contributed by atoms with E-state index >= 15 is 0 Å². The van der Waals surface area contributed by atoms with Crippen LogP contribution >= 0.6 is 0 Å². The molecule has 9 nitrogen and oxygen atoms in total. The van der Waals surface area contributed by atoms with Crippen molar-refractivity contribution in [2.75, 3.05) is 26.2 Å². The molecule has 200 valence electrons. The number of likely N-dealkylation sites (tertiary alicyclic amines) is 2. The van der Waals surface area contributed by atoms with Gasteiger partial charge in [0.1, 0.15) is 17.7 Å². The second-order valence-corrected chi connectivity index (χ2v) is 10.1. The van der Waals surface area contributed by atoms with E-state index in [-0.39, 0.29) is 31.5 Å². The number of ether oxygens (including phenoxy) is 1. The minimum Gasteiger partial charge on any atom is -0.444 e. The summed E-state index contributed by atoms with van der Waals surface area (Å²) in [5.74, 6) is -4.35. The van der Waals surface area contributed by atoms with Gasteiger partial charge in [0.25, 0.3) is 11.8 Å². The zero-order valence-electron chi connectivity index (χ0n) is 21.1. The Morgan fingerprint density at radius 2 is 2.03 bits per heavy atom. The number of piperidine rings is 1. The molecule has 0 unspecified atom stereocenters. The number of hydrogen-bond acceptors (Lipinski definition) is 7. The van der Waals surface area contributed by atoms with Crippen LogP contribution in [0.3, 0.4) is 0 Å². The average Bonchev–Trinajstić information content (AvgIpc) is 3.23. The summed E-state index contributed by atoms with van der Waals surface area (Å²) in [6.07, 6.45) is 0.842. The summed E-state index contributed by atoms with van der Waals surface area (Å²) in [6, 6.07) is 10.9. The number of rotatable bonds is 8. The van der Waals surface area contributed by atoms with Crippen molar-refractivity contribution >= 4 is 19.1 Å². The Labute approximate surface area is 215 Å². The van der Waals surface area contributed by atoms with Gasteiger partial charge >= 0.3 is 13.2 Å². The second-order valence-electron chi connectivity index (χ2n) is 10.1. The fourth-order valence-corrected chi connectivity index (χ4v) is 4.64. The van der Waals surface area contributed by atoms with Gasteiger partial charge in [0.2, 0.25) is 0 Å². The third-order valence-corrected chi connectivity index (χ3v) is 6.73. The second kappa shape index (κ2) is 12.0. The number of amides is 2. The van der Waals surface area contributed by atoms with Crippen molar-refractivity contribution in [3.63, 3.8) is 0 Å². The maximum absolute atomic E-state index is 13.7. The van der Waals surface area contributed by atoms with Gasteiger partial charge in [0.05, 0.1) is 19.0 Å². The fourth-order valence-electron chi connectivity index (χ4n) is 4.64. The van der Waals surface area contributed by atoms with Crippen LogP contribution in [0.15, 0.2) is 42.0 Å². The molecule has 1 aromatic rings. The molecule has 0 aromatic heterocycles. The molecule has 2 amide bonds. The van der Waals surface area contributed by atoms with Gasteiger partial charge in [-0.25, -0.2) is 13.6 Å². The molecule has 0 radical (unpaired) electrons. The first-order chi connectivity index (χ1) is 17.4. The Bertz CT molecular complexity index is 1030. The highest BCUT2D eigenvalue weighted by Gasteiger charge is 2.43. The predicted octanol–water partition coefficient (Wildman–Crippen LogP) is 1.90. The van der Waals surface area contributed by atoms with Crippen molar-refractivity contribution in [1.29, 1.82) is 5.26 Å². The van der Waals surface area contributed by atoms with Crippen molar-refractivity contribution in [2.45, 2.75) is 63.0 Å². The van der Waals surface area contributed by atoms with E-state index in [4.69, 9.17) is 4.74 Å². The van der Waals surface area contributed by atoms with Gasteiger partial charge in [-0.05, 0) is 44.7 Å². The van der Waals surface area contributed by atoms with Gasteiger partial charge in [0.15, 0.2) is 0 Å². The maximum Gasteiger partial charge on any atom is 0.475 e. The monoisotopic (exact) mass is 518 g/mol. The lowest BCUT2D eigenvalue weighted by Crippen LogP contribution is -2.50. The summed E-state index contributed by atoms with van der Waals surface area (Å²) >= 11 is 0. The van der Waals surface area contributed by atoms with Crippen molar-refractivity contribution in [3.05, 3.63) is 47.5 Å². The smallest absolute Gasteiger partial charge is 0.444 e. The summed E-state index contributed by atoms with van der Waals surface area (Å²) in [6.45, 7) is 3.50. The maximum atomic E-state index is 13.7. The lowest BCUT2D eigenvalue weighted by Gasteiger charge is -2.35. The van der Waals surface area contributed by atoms with E-state index in [2.05, 4.69) is 5.32 Å². The molecule has 2 heterocycles. The molecule has 12 heteroatoms. The van der Waals surface area contributed by atoms with E-state index in [0.29, 0.717) is 19.4 Å². The van der Waals surface area contributed by atoms with Gasteiger partial charge in [0, 0.05) is 25.0 Å². The first kappa shape index (κ1) is 28.6. The standard InChI is InChI=1S/C25H33BF2N4O5/c1-24(2,32-12-10-25(27,28)17-32)14-19(15-29)22(33)31-11-6-9-20(16-31)37-23(34)30-21(26(35)36)13-18-7-4-3-5-8-18/h3-5,7-8,14,20-21,35-36H,6,9-13,16-17H2,1-2H3,(H,30,34)/b19-14+/t20-,21-/m0/s1.